The zero-order valence-electron chi connectivity index (χ0n) is 14.2. The number of amides is 2. The standard InChI is InChI=1S/C19H19N3O4/c23-17(14-5-2-1-3-6-14)21-9-4-10-22(12-11-21)18(24)15-7-8-16(19(25)26)20-13-15/h1-3,5-8,13H,4,9-12H2,(H,25,26). The van der Waals surface area contributed by atoms with Crippen LogP contribution in [0.5, 0.6) is 0 Å². The van der Waals surface area contributed by atoms with Crippen LogP contribution < -0.4 is 0 Å². The highest BCUT2D eigenvalue weighted by molar-refractivity contribution is 5.96. The predicted octanol–water partition coefficient (Wildman–Crippen LogP) is 1.77. The fourth-order valence-electron chi connectivity index (χ4n) is 2.92. The molecule has 0 spiro atoms. The molecule has 26 heavy (non-hydrogen) atoms. The lowest BCUT2D eigenvalue weighted by atomic mass is 10.2. The van der Waals surface area contributed by atoms with E-state index in [1.165, 1.54) is 18.3 Å². The number of hydrogen-bond acceptors (Lipinski definition) is 4. The minimum Gasteiger partial charge on any atom is -0.477 e. The molecule has 0 bridgehead atoms. The first-order valence-corrected chi connectivity index (χ1v) is 8.39. The van der Waals surface area contributed by atoms with Gasteiger partial charge in [-0.3, -0.25) is 9.59 Å². The van der Waals surface area contributed by atoms with Gasteiger partial charge in [-0.05, 0) is 30.7 Å². The largest absolute Gasteiger partial charge is 0.477 e. The summed E-state index contributed by atoms with van der Waals surface area (Å²) in [6, 6.07) is 11.9. The molecule has 2 amide bonds. The molecule has 1 aliphatic rings. The van der Waals surface area contributed by atoms with Gasteiger partial charge < -0.3 is 14.9 Å². The van der Waals surface area contributed by atoms with Crippen LogP contribution in [0, 0.1) is 0 Å². The van der Waals surface area contributed by atoms with Gasteiger partial charge in [0, 0.05) is 37.9 Å². The number of carbonyl (C=O) groups excluding carboxylic acids is 2. The number of carboxylic acid groups (broad SMARTS) is 1. The summed E-state index contributed by atoms with van der Waals surface area (Å²) in [5.41, 5.74) is 0.885. The monoisotopic (exact) mass is 353 g/mol. The molecule has 1 fully saturated rings. The summed E-state index contributed by atoms with van der Waals surface area (Å²) in [5, 5.41) is 8.88. The predicted molar refractivity (Wildman–Crippen MR) is 94.1 cm³/mol. The van der Waals surface area contributed by atoms with Gasteiger partial charge in [-0.25, -0.2) is 9.78 Å². The summed E-state index contributed by atoms with van der Waals surface area (Å²) in [7, 11) is 0. The van der Waals surface area contributed by atoms with Crippen molar-refractivity contribution < 1.29 is 19.5 Å². The number of carboxylic acids is 1. The third kappa shape index (κ3) is 3.88. The number of aromatic nitrogens is 1. The fourth-order valence-corrected chi connectivity index (χ4v) is 2.92. The number of pyridine rings is 1. The first kappa shape index (κ1) is 17.6. The van der Waals surface area contributed by atoms with E-state index in [1.807, 2.05) is 18.2 Å². The number of benzene rings is 1. The molecule has 0 saturated carbocycles. The second-order valence-electron chi connectivity index (χ2n) is 6.04. The average Bonchev–Trinajstić information content (AvgIpc) is 2.94. The molecule has 0 aliphatic carbocycles. The van der Waals surface area contributed by atoms with Crippen molar-refractivity contribution in [3.05, 3.63) is 65.5 Å². The molecule has 2 heterocycles. The SMILES string of the molecule is O=C(O)c1ccc(C(=O)N2CCCN(C(=O)c3ccccc3)CC2)cn1. The van der Waals surface area contributed by atoms with E-state index in [-0.39, 0.29) is 17.5 Å². The van der Waals surface area contributed by atoms with Gasteiger partial charge in [-0.15, -0.1) is 0 Å². The van der Waals surface area contributed by atoms with Gasteiger partial charge in [0.1, 0.15) is 5.69 Å². The zero-order chi connectivity index (χ0) is 18.5. The highest BCUT2D eigenvalue weighted by Gasteiger charge is 2.23. The van der Waals surface area contributed by atoms with E-state index in [0.29, 0.717) is 43.7 Å². The maximum absolute atomic E-state index is 12.6. The first-order valence-electron chi connectivity index (χ1n) is 8.39. The minimum absolute atomic E-state index is 0.0348. The van der Waals surface area contributed by atoms with Crippen molar-refractivity contribution >= 4 is 17.8 Å². The van der Waals surface area contributed by atoms with Gasteiger partial charge in [0.25, 0.3) is 11.8 Å². The quantitative estimate of drug-likeness (QED) is 0.908. The van der Waals surface area contributed by atoms with E-state index in [2.05, 4.69) is 4.98 Å². The smallest absolute Gasteiger partial charge is 0.354 e. The van der Waals surface area contributed by atoms with Crippen LogP contribution in [0.2, 0.25) is 0 Å². The molecule has 134 valence electrons. The Balaban J connectivity index is 1.65. The average molecular weight is 353 g/mol. The summed E-state index contributed by atoms with van der Waals surface area (Å²) in [4.78, 5) is 43.2. The molecular formula is C19H19N3O4. The third-order valence-electron chi connectivity index (χ3n) is 4.32. The van der Waals surface area contributed by atoms with Crippen LogP contribution in [0.3, 0.4) is 0 Å². The summed E-state index contributed by atoms with van der Waals surface area (Å²) < 4.78 is 0. The normalized spacial score (nSPS) is 14.6. The summed E-state index contributed by atoms with van der Waals surface area (Å²) in [5.74, 6) is -1.37. The molecular weight excluding hydrogens is 334 g/mol. The maximum atomic E-state index is 12.6. The van der Waals surface area contributed by atoms with E-state index < -0.39 is 5.97 Å². The van der Waals surface area contributed by atoms with Crippen LogP contribution in [-0.4, -0.2) is 63.9 Å². The van der Waals surface area contributed by atoms with Gasteiger partial charge in [0.05, 0.1) is 5.56 Å². The van der Waals surface area contributed by atoms with Crippen molar-refractivity contribution in [3.8, 4) is 0 Å². The van der Waals surface area contributed by atoms with E-state index in [1.54, 1.807) is 21.9 Å². The second kappa shape index (κ2) is 7.77. The highest BCUT2D eigenvalue weighted by Crippen LogP contribution is 2.12. The molecule has 1 aromatic heterocycles. The Kier molecular flexibility index (Phi) is 5.26. The highest BCUT2D eigenvalue weighted by atomic mass is 16.4. The molecule has 3 rings (SSSR count). The second-order valence-corrected chi connectivity index (χ2v) is 6.04. The molecule has 0 radical (unpaired) electrons. The summed E-state index contributed by atoms with van der Waals surface area (Å²) in [6.07, 6.45) is 1.97. The lowest BCUT2D eigenvalue weighted by Gasteiger charge is -2.22. The Morgan fingerprint density at radius 1 is 0.808 bits per heavy atom. The number of aromatic carboxylic acids is 1. The van der Waals surface area contributed by atoms with Crippen LogP contribution >= 0.6 is 0 Å². The number of hydrogen-bond donors (Lipinski definition) is 1. The van der Waals surface area contributed by atoms with E-state index >= 15 is 0 Å². The molecule has 1 saturated heterocycles. The van der Waals surface area contributed by atoms with Crippen molar-refractivity contribution in [2.75, 3.05) is 26.2 Å². The number of nitrogens with zero attached hydrogens (tertiary/aromatic N) is 3. The van der Waals surface area contributed by atoms with Crippen LogP contribution in [0.25, 0.3) is 0 Å². The van der Waals surface area contributed by atoms with Crippen molar-refractivity contribution in [1.29, 1.82) is 0 Å². The van der Waals surface area contributed by atoms with Gasteiger partial charge in [-0.2, -0.15) is 0 Å². The Labute approximate surface area is 150 Å². The number of rotatable bonds is 3. The molecule has 1 aliphatic heterocycles. The molecule has 0 atom stereocenters. The van der Waals surface area contributed by atoms with Crippen LogP contribution in [0.4, 0.5) is 0 Å². The first-order chi connectivity index (χ1) is 12.6. The van der Waals surface area contributed by atoms with Crippen LogP contribution in [0.1, 0.15) is 37.6 Å². The molecule has 1 N–H and O–H groups in total. The topological polar surface area (TPSA) is 90.8 Å². The van der Waals surface area contributed by atoms with Crippen LogP contribution in [-0.2, 0) is 0 Å². The Bertz CT molecular complexity index is 805. The summed E-state index contributed by atoms with van der Waals surface area (Å²) >= 11 is 0. The van der Waals surface area contributed by atoms with E-state index in [0.717, 1.165) is 0 Å². The van der Waals surface area contributed by atoms with Gasteiger partial charge in [0.15, 0.2) is 0 Å². The molecule has 7 nitrogen and oxygen atoms in total. The molecule has 1 aromatic carbocycles. The Hall–Kier alpha value is -3.22. The van der Waals surface area contributed by atoms with Gasteiger partial charge >= 0.3 is 5.97 Å². The molecule has 2 aromatic rings. The molecule has 0 unspecified atom stereocenters. The third-order valence-corrected chi connectivity index (χ3v) is 4.32. The van der Waals surface area contributed by atoms with E-state index in [9.17, 15) is 14.4 Å². The lowest BCUT2D eigenvalue weighted by Crippen LogP contribution is -2.37. The fraction of sp³-hybridized carbons (Fsp3) is 0.263. The Morgan fingerprint density at radius 3 is 1.96 bits per heavy atom. The van der Waals surface area contributed by atoms with Crippen molar-refractivity contribution in [3.63, 3.8) is 0 Å². The molecule has 7 heteroatoms. The van der Waals surface area contributed by atoms with Crippen molar-refractivity contribution in [1.82, 2.24) is 14.8 Å². The van der Waals surface area contributed by atoms with Gasteiger partial charge in [-0.1, -0.05) is 18.2 Å². The van der Waals surface area contributed by atoms with E-state index in [4.69, 9.17) is 5.11 Å². The van der Waals surface area contributed by atoms with Crippen molar-refractivity contribution in [2.45, 2.75) is 6.42 Å². The lowest BCUT2D eigenvalue weighted by molar-refractivity contribution is 0.0687. The minimum atomic E-state index is -1.13. The van der Waals surface area contributed by atoms with Crippen molar-refractivity contribution in [2.24, 2.45) is 0 Å². The van der Waals surface area contributed by atoms with Crippen LogP contribution in [0.15, 0.2) is 48.7 Å². The maximum Gasteiger partial charge on any atom is 0.354 e. The summed E-state index contributed by atoms with van der Waals surface area (Å²) in [6.45, 7) is 2.02. The number of carbonyl (C=O) groups is 3. The Morgan fingerprint density at radius 2 is 1.42 bits per heavy atom. The van der Waals surface area contributed by atoms with Gasteiger partial charge in [0.2, 0.25) is 0 Å². The zero-order valence-corrected chi connectivity index (χ0v) is 14.2.